The molecule has 0 N–H and O–H groups in total. The molecule has 1 saturated carbocycles. The van der Waals surface area contributed by atoms with Gasteiger partial charge >= 0.3 is 0 Å². The molecule has 1 unspecified atom stereocenters. The molecular weight excluding hydrogens is 328 g/mol. The first kappa shape index (κ1) is 15.4. The number of rotatable bonds is 4. The Balaban J connectivity index is 1.78. The van der Waals surface area contributed by atoms with Crippen molar-refractivity contribution in [2.45, 2.75) is 38.8 Å². The summed E-state index contributed by atoms with van der Waals surface area (Å²) in [7, 11) is 1.74. The maximum absolute atomic E-state index is 12.8. The lowest BCUT2D eigenvalue weighted by Crippen LogP contribution is -2.50. The quantitative estimate of drug-likeness (QED) is 0.796. The van der Waals surface area contributed by atoms with E-state index in [0.717, 1.165) is 18.2 Å². The van der Waals surface area contributed by atoms with Crippen LogP contribution in [-0.2, 0) is 11.3 Å². The van der Waals surface area contributed by atoms with Crippen molar-refractivity contribution in [3.05, 3.63) is 23.9 Å². The molecule has 1 atom stereocenters. The summed E-state index contributed by atoms with van der Waals surface area (Å²) in [6.07, 6.45) is 8.58. The molecule has 3 heterocycles. The van der Waals surface area contributed by atoms with E-state index in [1.807, 2.05) is 22.7 Å². The third-order valence-electron chi connectivity index (χ3n) is 4.66. The van der Waals surface area contributed by atoms with E-state index in [1.54, 1.807) is 24.3 Å². The van der Waals surface area contributed by atoms with Crippen molar-refractivity contribution in [3.63, 3.8) is 0 Å². The van der Waals surface area contributed by atoms with E-state index in [9.17, 15) is 4.79 Å². The number of halogens is 1. The summed E-state index contributed by atoms with van der Waals surface area (Å²) in [6.45, 7) is 2.92. The molecule has 1 amide bonds. The van der Waals surface area contributed by atoms with Crippen molar-refractivity contribution in [1.82, 2.24) is 19.7 Å². The second-order valence-corrected chi connectivity index (χ2v) is 6.74. The minimum atomic E-state index is -0.327. The van der Waals surface area contributed by atoms with Gasteiger partial charge in [-0.15, -0.1) is 0 Å². The number of nitrogens with zero attached hydrogens (tertiary/aromatic N) is 6. The summed E-state index contributed by atoms with van der Waals surface area (Å²) >= 11 is 6.01. The van der Waals surface area contributed by atoms with Gasteiger partial charge in [0.1, 0.15) is 11.7 Å². The zero-order valence-electron chi connectivity index (χ0n) is 13.7. The van der Waals surface area contributed by atoms with Crippen LogP contribution in [0.5, 0.6) is 0 Å². The summed E-state index contributed by atoms with van der Waals surface area (Å²) < 4.78 is 1.95. The van der Waals surface area contributed by atoms with E-state index in [2.05, 4.69) is 15.1 Å². The predicted octanol–water partition coefficient (Wildman–Crippen LogP) is 2.63. The maximum Gasteiger partial charge on any atom is 0.250 e. The van der Waals surface area contributed by atoms with Crippen molar-refractivity contribution in [2.24, 2.45) is 5.92 Å². The first-order chi connectivity index (χ1) is 11.6. The molecule has 0 bridgehead atoms. The number of aromatic nitrogens is 4. The lowest BCUT2D eigenvalue weighted by molar-refractivity contribution is -0.119. The smallest absolute Gasteiger partial charge is 0.250 e. The highest BCUT2D eigenvalue weighted by atomic mass is 35.5. The Morgan fingerprint density at radius 1 is 1.33 bits per heavy atom. The Bertz CT molecular complexity index is 787. The minimum Gasteiger partial charge on any atom is -0.309 e. The summed E-state index contributed by atoms with van der Waals surface area (Å²) in [6, 6.07) is -0.327. The average molecular weight is 347 g/mol. The number of amides is 1. The summed E-state index contributed by atoms with van der Waals surface area (Å²) in [4.78, 5) is 24.7. The molecule has 0 spiro atoms. The Hall–Kier alpha value is -2.15. The van der Waals surface area contributed by atoms with Crippen molar-refractivity contribution >= 4 is 34.7 Å². The lowest BCUT2D eigenvalue weighted by Gasteiger charge is -2.39. The average Bonchev–Trinajstić information content (AvgIpc) is 3.26. The number of hydrogen-bond acceptors (Lipinski definition) is 5. The number of likely N-dealkylation sites (N-methyl/N-ethyl adjacent to an activating group) is 1. The van der Waals surface area contributed by atoms with Gasteiger partial charge in [0.2, 0.25) is 11.2 Å². The normalized spacial score (nSPS) is 20.5. The third kappa shape index (κ3) is 2.53. The number of hydrogen-bond donors (Lipinski definition) is 0. The largest absolute Gasteiger partial charge is 0.309 e. The fraction of sp³-hybridized carbons (Fsp3) is 0.500. The second kappa shape index (κ2) is 5.73. The molecule has 8 heteroatoms. The van der Waals surface area contributed by atoms with Gasteiger partial charge in [0.05, 0.1) is 18.1 Å². The van der Waals surface area contributed by atoms with E-state index >= 15 is 0 Å². The summed E-state index contributed by atoms with van der Waals surface area (Å²) in [5, 5.41) is 4.62. The van der Waals surface area contributed by atoms with Crippen LogP contribution in [0.1, 0.15) is 26.2 Å². The van der Waals surface area contributed by atoms with Gasteiger partial charge in [-0.1, -0.05) is 6.92 Å². The van der Waals surface area contributed by atoms with Crippen molar-refractivity contribution in [3.8, 4) is 0 Å². The van der Waals surface area contributed by atoms with Crippen LogP contribution in [0.15, 0.2) is 18.6 Å². The topological polar surface area (TPSA) is 67.2 Å². The van der Waals surface area contributed by atoms with Crippen LogP contribution in [-0.4, -0.2) is 38.7 Å². The van der Waals surface area contributed by atoms with Crippen LogP contribution in [0.4, 0.5) is 17.2 Å². The second-order valence-electron chi connectivity index (χ2n) is 6.40. The summed E-state index contributed by atoms with van der Waals surface area (Å²) in [5.74, 6) is 1.40. The van der Waals surface area contributed by atoms with Crippen LogP contribution in [0.3, 0.4) is 0 Å². The number of carbonyl (C=O) groups excluding carboxylic acids is 1. The molecule has 1 aliphatic heterocycles. The Morgan fingerprint density at radius 2 is 2.12 bits per heavy atom. The molecular formula is C16H19ClN6O. The molecule has 1 aliphatic carbocycles. The van der Waals surface area contributed by atoms with Crippen LogP contribution in [0.2, 0.25) is 5.28 Å². The van der Waals surface area contributed by atoms with Gasteiger partial charge in [0, 0.05) is 19.8 Å². The third-order valence-corrected chi connectivity index (χ3v) is 4.85. The van der Waals surface area contributed by atoms with Crippen LogP contribution >= 0.6 is 11.6 Å². The van der Waals surface area contributed by atoms with Gasteiger partial charge in [-0.05, 0) is 36.8 Å². The highest BCUT2D eigenvalue weighted by Crippen LogP contribution is 2.40. The fourth-order valence-electron chi connectivity index (χ4n) is 3.16. The molecule has 7 nitrogen and oxygen atoms in total. The van der Waals surface area contributed by atoms with Crippen molar-refractivity contribution in [2.75, 3.05) is 16.8 Å². The van der Waals surface area contributed by atoms with Crippen molar-refractivity contribution in [1.29, 1.82) is 0 Å². The Kier molecular flexibility index (Phi) is 3.68. The number of fused-ring (bicyclic) bond motifs is 1. The van der Waals surface area contributed by atoms with Crippen LogP contribution in [0, 0.1) is 5.92 Å². The van der Waals surface area contributed by atoms with Gasteiger partial charge in [-0.25, -0.2) is 4.98 Å². The lowest BCUT2D eigenvalue weighted by atomic mass is 10.1. The monoisotopic (exact) mass is 346 g/mol. The highest BCUT2D eigenvalue weighted by Gasteiger charge is 2.38. The first-order valence-electron chi connectivity index (χ1n) is 8.20. The first-order valence-corrected chi connectivity index (χ1v) is 8.58. The Morgan fingerprint density at radius 3 is 2.83 bits per heavy atom. The fourth-order valence-corrected chi connectivity index (χ4v) is 3.29. The molecule has 1 fully saturated rings. The van der Waals surface area contributed by atoms with Crippen LogP contribution in [0.25, 0.3) is 0 Å². The van der Waals surface area contributed by atoms with E-state index in [-0.39, 0.29) is 17.2 Å². The molecule has 24 heavy (non-hydrogen) atoms. The number of carbonyl (C=O) groups is 1. The van der Waals surface area contributed by atoms with Crippen molar-refractivity contribution < 1.29 is 4.79 Å². The predicted molar refractivity (Wildman–Crippen MR) is 91.6 cm³/mol. The highest BCUT2D eigenvalue weighted by molar-refractivity contribution is 6.28. The van der Waals surface area contributed by atoms with Gasteiger partial charge in [-0.3, -0.25) is 9.48 Å². The minimum absolute atomic E-state index is 0.0193. The molecule has 2 aromatic rings. The molecule has 126 valence electrons. The van der Waals surface area contributed by atoms with E-state index in [0.29, 0.717) is 17.9 Å². The van der Waals surface area contributed by atoms with Gasteiger partial charge in [-0.2, -0.15) is 10.1 Å². The van der Waals surface area contributed by atoms with Gasteiger partial charge < -0.3 is 9.80 Å². The molecule has 0 aromatic carbocycles. The zero-order chi connectivity index (χ0) is 16.8. The molecule has 4 rings (SSSR count). The molecule has 2 aliphatic rings. The zero-order valence-corrected chi connectivity index (χ0v) is 14.4. The SMILES string of the molecule is CCC1C(=O)N(C)c2cnc(Cl)nc2N1c1cnn(CC2CC2)c1. The van der Waals surface area contributed by atoms with Gasteiger partial charge in [0.25, 0.3) is 0 Å². The van der Waals surface area contributed by atoms with E-state index in [1.165, 1.54) is 12.8 Å². The van der Waals surface area contributed by atoms with E-state index in [4.69, 9.17) is 11.6 Å². The van der Waals surface area contributed by atoms with E-state index < -0.39 is 0 Å². The standard InChI is InChI=1S/C16H19ClN6O/c1-3-12-15(24)21(2)13-7-18-16(17)20-14(13)23(12)11-6-19-22(9-11)8-10-4-5-10/h6-7,9-10,12H,3-5,8H2,1-2H3. The Labute approximate surface area is 145 Å². The summed E-state index contributed by atoms with van der Waals surface area (Å²) in [5.41, 5.74) is 1.52. The molecule has 0 saturated heterocycles. The molecule has 0 radical (unpaired) electrons. The molecule has 2 aromatic heterocycles. The van der Waals surface area contributed by atoms with Gasteiger partial charge in [0.15, 0.2) is 5.82 Å². The van der Waals surface area contributed by atoms with Crippen LogP contribution < -0.4 is 9.80 Å². The number of anilines is 3. The maximum atomic E-state index is 12.8.